The number of carbonyl (C=O) groups excluding carboxylic acids is 1. The second-order valence-corrected chi connectivity index (χ2v) is 7.90. The van der Waals surface area contributed by atoms with Crippen LogP contribution in [0.4, 0.5) is 0 Å². The largest absolute Gasteiger partial charge is 0.480 e. The molecule has 1 amide bonds. The van der Waals surface area contributed by atoms with Crippen molar-refractivity contribution in [2.24, 2.45) is 5.92 Å². The molecule has 2 aliphatic heterocycles. The lowest BCUT2D eigenvalue weighted by molar-refractivity contribution is -0.151. The van der Waals surface area contributed by atoms with Gasteiger partial charge < -0.3 is 10.0 Å². The van der Waals surface area contributed by atoms with Gasteiger partial charge in [-0.15, -0.1) is 0 Å². The maximum absolute atomic E-state index is 12.7. The van der Waals surface area contributed by atoms with Crippen LogP contribution in [0.2, 0.25) is 0 Å². The number of piperidine rings is 1. The third-order valence-corrected chi connectivity index (χ3v) is 5.69. The number of rotatable bonds is 3. The molecule has 0 aliphatic carbocycles. The second kappa shape index (κ2) is 5.92. The molecule has 2 aliphatic rings. The zero-order chi connectivity index (χ0) is 15.8. The number of aliphatic carboxylic acids is 1. The predicted octanol–water partition coefficient (Wildman–Crippen LogP) is 0.122. The van der Waals surface area contributed by atoms with Crippen LogP contribution in [0.1, 0.15) is 32.6 Å². The number of carbonyl (C=O) groups is 2. The fourth-order valence-electron chi connectivity index (χ4n) is 3.31. The van der Waals surface area contributed by atoms with Crippen molar-refractivity contribution in [3.63, 3.8) is 0 Å². The number of amides is 1. The van der Waals surface area contributed by atoms with E-state index in [2.05, 4.69) is 0 Å². The highest BCUT2D eigenvalue weighted by Gasteiger charge is 2.44. The number of nitrogens with zero attached hydrogens (tertiary/aromatic N) is 2. The van der Waals surface area contributed by atoms with E-state index in [4.69, 9.17) is 0 Å². The Kier molecular flexibility index (Phi) is 4.57. The van der Waals surface area contributed by atoms with E-state index in [1.54, 1.807) is 6.92 Å². The Balaban J connectivity index is 2.23. The molecule has 2 saturated heterocycles. The SMILES string of the molecule is CC1CCN(C(=O)C2CCCCN2S(C)(=O)=O)C1C(=O)O. The molecule has 0 radical (unpaired) electrons. The standard InChI is InChI=1S/C13H22N2O5S/c1-9-6-8-14(11(9)13(17)18)12(16)10-5-3-4-7-15(10)21(2,19)20/h9-11H,3-8H2,1-2H3,(H,17,18). The van der Waals surface area contributed by atoms with Crippen LogP contribution < -0.4 is 0 Å². The first-order valence-electron chi connectivity index (χ1n) is 7.23. The maximum Gasteiger partial charge on any atom is 0.326 e. The van der Waals surface area contributed by atoms with Gasteiger partial charge in [-0.2, -0.15) is 4.31 Å². The highest BCUT2D eigenvalue weighted by Crippen LogP contribution is 2.28. The van der Waals surface area contributed by atoms with Crippen LogP contribution in [-0.4, -0.2) is 66.0 Å². The van der Waals surface area contributed by atoms with E-state index in [0.29, 0.717) is 25.9 Å². The Morgan fingerprint density at radius 2 is 1.81 bits per heavy atom. The van der Waals surface area contributed by atoms with Gasteiger partial charge in [-0.25, -0.2) is 13.2 Å². The van der Waals surface area contributed by atoms with Gasteiger partial charge in [-0.1, -0.05) is 13.3 Å². The van der Waals surface area contributed by atoms with Gasteiger partial charge in [-0.05, 0) is 25.2 Å². The molecular weight excluding hydrogens is 296 g/mol. The van der Waals surface area contributed by atoms with E-state index in [0.717, 1.165) is 19.1 Å². The van der Waals surface area contributed by atoms with Crippen molar-refractivity contribution in [3.8, 4) is 0 Å². The van der Waals surface area contributed by atoms with Crippen molar-refractivity contribution < 1.29 is 23.1 Å². The van der Waals surface area contributed by atoms with Gasteiger partial charge in [0.1, 0.15) is 12.1 Å². The van der Waals surface area contributed by atoms with E-state index < -0.39 is 28.1 Å². The molecule has 0 aromatic rings. The van der Waals surface area contributed by atoms with E-state index in [1.807, 2.05) is 0 Å². The van der Waals surface area contributed by atoms with Gasteiger partial charge in [-0.3, -0.25) is 4.79 Å². The van der Waals surface area contributed by atoms with Gasteiger partial charge in [0, 0.05) is 13.1 Å². The summed E-state index contributed by atoms with van der Waals surface area (Å²) in [4.78, 5) is 25.4. The van der Waals surface area contributed by atoms with Crippen molar-refractivity contribution in [2.75, 3.05) is 19.3 Å². The predicted molar refractivity (Wildman–Crippen MR) is 76.1 cm³/mol. The topological polar surface area (TPSA) is 95.0 Å². The summed E-state index contributed by atoms with van der Waals surface area (Å²) in [6, 6.07) is -1.60. The fraction of sp³-hybridized carbons (Fsp3) is 0.846. The normalized spacial score (nSPS) is 31.3. The molecule has 8 heteroatoms. The molecular formula is C13H22N2O5S. The summed E-state index contributed by atoms with van der Waals surface area (Å²) in [5, 5.41) is 9.30. The summed E-state index contributed by atoms with van der Waals surface area (Å²) in [5.74, 6) is -1.49. The number of hydrogen-bond acceptors (Lipinski definition) is 4. The smallest absolute Gasteiger partial charge is 0.326 e. The number of hydrogen-bond donors (Lipinski definition) is 1. The first-order chi connectivity index (χ1) is 9.73. The van der Waals surface area contributed by atoms with Crippen LogP contribution in [0.3, 0.4) is 0 Å². The Morgan fingerprint density at radius 1 is 1.14 bits per heavy atom. The van der Waals surface area contributed by atoms with Crippen molar-refractivity contribution in [2.45, 2.75) is 44.7 Å². The van der Waals surface area contributed by atoms with Crippen LogP contribution in [0.25, 0.3) is 0 Å². The van der Waals surface area contributed by atoms with Gasteiger partial charge >= 0.3 is 5.97 Å². The van der Waals surface area contributed by atoms with Crippen LogP contribution in [-0.2, 0) is 19.6 Å². The van der Waals surface area contributed by atoms with Crippen molar-refractivity contribution in [1.29, 1.82) is 0 Å². The molecule has 0 saturated carbocycles. The van der Waals surface area contributed by atoms with Crippen LogP contribution in [0.15, 0.2) is 0 Å². The third kappa shape index (κ3) is 3.21. The molecule has 2 rings (SSSR count). The monoisotopic (exact) mass is 318 g/mol. The number of likely N-dealkylation sites (tertiary alicyclic amines) is 1. The average molecular weight is 318 g/mol. The van der Waals surface area contributed by atoms with Crippen molar-refractivity contribution >= 4 is 21.9 Å². The first-order valence-corrected chi connectivity index (χ1v) is 9.08. The molecule has 3 unspecified atom stereocenters. The van der Waals surface area contributed by atoms with E-state index in [9.17, 15) is 23.1 Å². The minimum atomic E-state index is -3.46. The molecule has 0 spiro atoms. The minimum Gasteiger partial charge on any atom is -0.480 e. The highest BCUT2D eigenvalue weighted by molar-refractivity contribution is 7.88. The van der Waals surface area contributed by atoms with E-state index in [1.165, 1.54) is 9.21 Å². The molecule has 2 heterocycles. The molecule has 0 aromatic carbocycles. The molecule has 0 bridgehead atoms. The number of carboxylic acids is 1. The summed E-state index contributed by atoms with van der Waals surface area (Å²) in [5.41, 5.74) is 0. The van der Waals surface area contributed by atoms with E-state index in [-0.39, 0.29) is 11.8 Å². The molecule has 1 N–H and O–H groups in total. The lowest BCUT2D eigenvalue weighted by atomic mass is 10.0. The minimum absolute atomic E-state index is 0.110. The first kappa shape index (κ1) is 16.2. The molecule has 3 atom stereocenters. The third-order valence-electron chi connectivity index (χ3n) is 4.40. The Morgan fingerprint density at radius 3 is 2.38 bits per heavy atom. The maximum atomic E-state index is 12.7. The Bertz CT molecular complexity index is 533. The average Bonchev–Trinajstić information content (AvgIpc) is 2.79. The van der Waals surface area contributed by atoms with Gasteiger partial charge in [0.25, 0.3) is 0 Å². The molecule has 2 fully saturated rings. The molecule has 7 nitrogen and oxygen atoms in total. The zero-order valence-corrected chi connectivity index (χ0v) is 13.2. The molecule has 120 valence electrons. The molecule has 0 aromatic heterocycles. The second-order valence-electron chi connectivity index (χ2n) is 5.97. The summed E-state index contributed by atoms with van der Waals surface area (Å²) in [6.07, 6.45) is 3.70. The van der Waals surface area contributed by atoms with Crippen LogP contribution in [0.5, 0.6) is 0 Å². The summed E-state index contributed by atoms with van der Waals surface area (Å²) >= 11 is 0. The summed E-state index contributed by atoms with van der Waals surface area (Å²) in [6.45, 7) is 2.52. The van der Waals surface area contributed by atoms with E-state index >= 15 is 0 Å². The van der Waals surface area contributed by atoms with Crippen LogP contribution in [0, 0.1) is 5.92 Å². The highest BCUT2D eigenvalue weighted by atomic mass is 32.2. The lowest BCUT2D eigenvalue weighted by Gasteiger charge is -2.36. The van der Waals surface area contributed by atoms with Gasteiger partial charge in [0.05, 0.1) is 6.26 Å². The van der Waals surface area contributed by atoms with Crippen molar-refractivity contribution in [1.82, 2.24) is 9.21 Å². The summed E-state index contributed by atoms with van der Waals surface area (Å²) in [7, 11) is -3.46. The lowest BCUT2D eigenvalue weighted by Crippen LogP contribution is -2.55. The van der Waals surface area contributed by atoms with Gasteiger partial charge in [0.2, 0.25) is 15.9 Å². The molecule has 21 heavy (non-hydrogen) atoms. The summed E-state index contributed by atoms with van der Waals surface area (Å²) < 4.78 is 24.9. The van der Waals surface area contributed by atoms with Crippen LogP contribution >= 0.6 is 0 Å². The Labute approximate surface area is 125 Å². The number of carboxylic acid groups (broad SMARTS) is 1. The van der Waals surface area contributed by atoms with Gasteiger partial charge in [0.15, 0.2) is 0 Å². The fourth-order valence-corrected chi connectivity index (χ4v) is 4.43. The number of sulfonamides is 1. The quantitative estimate of drug-likeness (QED) is 0.797. The van der Waals surface area contributed by atoms with Crippen molar-refractivity contribution in [3.05, 3.63) is 0 Å². The Hall–Kier alpha value is -1.15. The zero-order valence-electron chi connectivity index (χ0n) is 12.4.